The van der Waals surface area contributed by atoms with Crippen LogP contribution in [0.5, 0.6) is 0 Å². The fourth-order valence-electron chi connectivity index (χ4n) is 1.72. The maximum absolute atomic E-state index is 13.1. The minimum Gasteiger partial charge on any atom is -0.364 e. The number of halogens is 1. The molecule has 0 unspecified atom stereocenters. The van der Waals surface area contributed by atoms with Gasteiger partial charge in [-0.1, -0.05) is 5.16 Å². The zero-order valence-electron chi connectivity index (χ0n) is 11.0. The van der Waals surface area contributed by atoms with Crippen LogP contribution in [0.25, 0.3) is 0 Å². The second-order valence-corrected chi connectivity index (χ2v) is 6.21. The molecule has 0 aliphatic rings. The Hall–Kier alpha value is -1.73. The molecule has 7 heteroatoms. The van der Waals surface area contributed by atoms with Gasteiger partial charge < -0.3 is 4.52 Å². The van der Waals surface area contributed by atoms with Crippen molar-refractivity contribution in [2.75, 3.05) is 6.54 Å². The summed E-state index contributed by atoms with van der Waals surface area (Å²) in [7, 11) is -3.60. The van der Waals surface area contributed by atoms with Crippen LogP contribution in [0.3, 0.4) is 0 Å². The highest BCUT2D eigenvalue weighted by molar-refractivity contribution is 7.89. The summed E-state index contributed by atoms with van der Waals surface area (Å²) in [4.78, 5) is 0.0707. The SMILES string of the molecule is Cc1cc(S(=O)(=O)NCCCc2cnoc2)ccc1F. The highest BCUT2D eigenvalue weighted by Gasteiger charge is 2.14. The first-order chi connectivity index (χ1) is 9.49. The Kier molecular flexibility index (Phi) is 4.51. The first-order valence-corrected chi connectivity index (χ1v) is 7.61. The van der Waals surface area contributed by atoms with Crippen LogP contribution in [-0.2, 0) is 16.4 Å². The van der Waals surface area contributed by atoms with E-state index in [9.17, 15) is 12.8 Å². The van der Waals surface area contributed by atoms with Gasteiger partial charge in [-0.2, -0.15) is 0 Å². The number of aromatic nitrogens is 1. The third-order valence-corrected chi connectivity index (χ3v) is 4.32. The summed E-state index contributed by atoms with van der Waals surface area (Å²) >= 11 is 0. The van der Waals surface area contributed by atoms with Gasteiger partial charge >= 0.3 is 0 Å². The van der Waals surface area contributed by atoms with Crippen LogP contribution in [0, 0.1) is 12.7 Å². The Morgan fingerprint density at radius 2 is 2.20 bits per heavy atom. The molecule has 0 fully saturated rings. The van der Waals surface area contributed by atoms with E-state index in [1.165, 1.54) is 25.3 Å². The number of nitrogens with one attached hydrogen (secondary N) is 1. The summed E-state index contributed by atoms with van der Waals surface area (Å²) in [5.41, 5.74) is 1.22. The molecule has 0 atom stereocenters. The van der Waals surface area contributed by atoms with Crippen LogP contribution in [0.1, 0.15) is 17.5 Å². The van der Waals surface area contributed by atoms with E-state index in [-0.39, 0.29) is 4.90 Å². The molecule has 5 nitrogen and oxygen atoms in total. The van der Waals surface area contributed by atoms with Crippen LogP contribution in [0.2, 0.25) is 0 Å². The van der Waals surface area contributed by atoms with Crippen molar-refractivity contribution in [2.24, 2.45) is 0 Å². The normalized spacial score (nSPS) is 11.7. The highest BCUT2D eigenvalue weighted by Crippen LogP contribution is 2.14. The van der Waals surface area contributed by atoms with E-state index in [1.807, 2.05) is 0 Å². The van der Waals surface area contributed by atoms with Crippen molar-refractivity contribution >= 4 is 10.0 Å². The Morgan fingerprint density at radius 1 is 1.40 bits per heavy atom. The third-order valence-electron chi connectivity index (χ3n) is 2.86. The van der Waals surface area contributed by atoms with Crippen molar-refractivity contribution in [3.05, 3.63) is 47.6 Å². The lowest BCUT2D eigenvalue weighted by molar-refractivity contribution is 0.418. The van der Waals surface area contributed by atoms with Crippen LogP contribution in [0.4, 0.5) is 4.39 Å². The van der Waals surface area contributed by atoms with E-state index in [1.54, 1.807) is 6.20 Å². The lowest BCUT2D eigenvalue weighted by Gasteiger charge is -2.07. The van der Waals surface area contributed by atoms with E-state index < -0.39 is 15.8 Å². The molecule has 1 aromatic carbocycles. The second kappa shape index (κ2) is 6.15. The van der Waals surface area contributed by atoms with E-state index in [2.05, 4.69) is 14.4 Å². The van der Waals surface area contributed by atoms with Gasteiger partial charge in [-0.3, -0.25) is 0 Å². The van der Waals surface area contributed by atoms with Crippen molar-refractivity contribution in [3.63, 3.8) is 0 Å². The fourth-order valence-corrected chi connectivity index (χ4v) is 2.88. The van der Waals surface area contributed by atoms with Gasteiger partial charge in [0.25, 0.3) is 0 Å². The zero-order valence-corrected chi connectivity index (χ0v) is 11.8. The zero-order chi connectivity index (χ0) is 14.6. The van der Waals surface area contributed by atoms with E-state index in [4.69, 9.17) is 0 Å². The molecule has 0 aliphatic heterocycles. The maximum Gasteiger partial charge on any atom is 0.240 e. The number of hydrogen-bond acceptors (Lipinski definition) is 4. The molecule has 1 heterocycles. The van der Waals surface area contributed by atoms with Crippen LogP contribution >= 0.6 is 0 Å². The number of hydrogen-bond donors (Lipinski definition) is 1. The van der Waals surface area contributed by atoms with Crippen molar-refractivity contribution < 1.29 is 17.3 Å². The minimum atomic E-state index is -3.60. The average Bonchev–Trinajstić information content (AvgIpc) is 2.91. The lowest BCUT2D eigenvalue weighted by atomic mass is 10.2. The number of rotatable bonds is 6. The minimum absolute atomic E-state index is 0.0707. The number of aryl methyl sites for hydroxylation is 2. The van der Waals surface area contributed by atoms with Crippen molar-refractivity contribution in [3.8, 4) is 0 Å². The smallest absolute Gasteiger partial charge is 0.240 e. The summed E-state index contributed by atoms with van der Waals surface area (Å²) in [6.45, 7) is 1.82. The third kappa shape index (κ3) is 3.64. The van der Waals surface area contributed by atoms with E-state index in [0.717, 1.165) is 11.6 Å². The van der Waals surface area contributed by atoms with Gasteiger partial charge in [0.2, 0.25) is 10.0 Å². The van der Waals surface area contributed by atoms with Crippen molar-refractivity contribution in [1.29, 1.82) is 0 Å². The summed E-state index contributed by atoms with van der Waals surface area (Å²) in [6, 6.07) is 3.73. The van der Waals surface area contributed by atoms with E-state index in [0.29, 0.717) is 24.9 Å². The average molecular weight is 298 g/mol. The molecule has 1 aromatic heterocycles. The summed E-state index contributed by atoms with van der Waals surface area (Å²) in [6.07, 6.45) is 4.42. The number of benzene rings is 1. The van der Waals surface area contributed by atoms with Crippen LogP contribution in [0.15, 0.2) is 40.1 Å². The lowest BCUT2D eigenvalue weighted by Crippen LogP contribution is -2.25. The first kappa shape index (κ1) is 14.7. The predicted molar refractivity (Wildman–Crippen MR) is 71.1 cm³/mol. The van der Waals surface area contributed by atoms with Gasteiger partial charge in [-0.15, -0.1) is 0 Å². The molecule has 2 aromatic rings. The van der Waals surface area contributed by atoms with Gasteiger partial charge in [-0.25, -0.2) is 17.5 Å². The summed E-state index contributed by atoms with van der Waals surface area (Å²) in [5.74, 6) is -0.420. The largest absolute Gasteiger partial charge is 0.364 e. The molecule has 108 valence electrons. The molecule has 0 bridgehead atoms. The summed E-state index contributed by atoms with van der Waals surface area (Å²) in [5, 5.41) is 3.57. The molecular weight excluding hydrogens is 283 g/mol. The quantitative estimate of drug-likeness (QED) is 0.828. The molecule has 2 rings (SSSR count). The van der Waals surface area contributed by atoms with Crippen molar-refractivity contribution in [1.82, 2.24) is 9.88 Å². The molecule has 0 amide bonds. The Labute approximate surface area is 116 Å². The van der Waals surface area contributed by atoms with Gasteiger partial charge in [0.1, 0.15) is 12.1 Å². The number of sulfonamides is 1. The van der Waals surface area contributed by atoms with Gasteiger partial charge in [0.15, 0.2) is 0 Å². The van der Waals surface area contributed by atoms with Gasteiger partial charge in [-0.05, 0) is 43.5 Å². The standard InChI is InChI=1S/C13H15FN2O3S/c1-10-7-12(4-5-13(10)14)20(17,18)16-6-2-3-11-8-15-19-9-11/h4-5,7-9,16H,2-3,6H2,1H3. The fraction of sp³-hybridized carbons (Fsp3) is 0.308. The molecular formula is C13H15FN2O3S. The monoisotopic (exact) mass is 298 g/mol. The Balaban J connectivity index is 1.92. The Morgan fingerprint density at radius 3 is 2.85 bits per heavy atom. The molecule has 20 heavy (non-hydrogen) atoms. The topological polar surface area (TPSA) is 72.2 Å². The summed E-state index contributed by atoms with van der Waals surface area (Å²) < 4.78 is 44.3. The molecule has 0 saturated carbocycles. The first-order valence-electron chi connectivity index (χ1n) is 6.13. The Bertz CT molecular complexity index is 669. The molecule has 0 aliphatic carbocycles. The van der Waals surface area contributed by atoms with Crippen molar-refractivity contribution in [2.45, 2.75) is 24.7 Å². The highest BCUT2D eigenvalue weighted by atomic mass is 32.2. The molecule has 1 N–H and O–H groups in total. The molecule has 0 spiro atoms. The van der Waals surface area contributed by atoms with Gasteiger partial charge in [0, 0.05) is 12.1 Å². The van der Waals surface area contributed by atoms with E-state index >= 15 is 0 Å². The molecule has 0 saturated heterocycles. The van der Waals surface area contributed by atoms with Crippen LogP contribution in [-0.4, -0.2) is 20.1 Å². The predicted octanol–water partition coefficient (Wildman–Crippen LogP) is 2.03. The second-order valence-electron chi connectivity index (χ2n) is 4.45. The van der Waals surface area contributed by atoms with Crippen LogP contribution < -0.4 is 4.72 Å². The van der Waals surface area contributed by atoms with Gasteiger partial charge in [0.05, 0.1) is 11.1 Å². The number of nitrogens with zero attached hydrogens (tertiary/aromatic N) is 1. The molecule has 0 radical (unpaired) electrons. The maximum atomic E-state index is 13.1.